The van der Waals surface area contributed by atoms with Crippen molar-refractivity contribution >= 4 is 5.69 Å². The topological polar surface area (TPSA) is 88.7 Å². The number of nitrogens with two attached hydrogens (primary N) is 2. The number of aromatic nitrogens is 1. The quantitative estimate of drug-likeness (QED) is 0.665. The Morgan fingerprint density at radius 3 is 2.83 bits per heavy atom. The van der Waals surface area contributed by atoms with Gasteiger partial charge in [0.25, 0.3) is 0 Å². The predicted octanol–water partition coefficient (Wildman–Crippen LogP) is 0.577. The molecule has 1 heterocycles. The van der Waals surface area contributed by atoms with Crippen molar-refractivity contribution in [3.05, 3.63) is 24.0 Å². The molecular weight excluding hydrogens is 152 g/mol. The van der Waals surface area contributed by atoms with Crippen LogP contribution < -0.4 is 11.5 Å². The zero-order chi connectivity index (χ0) is 8.97. The van der Waals surface area contributed by atoms with E-state index in [-0.39, 0.29) is 12.5 Å². The summed E-state index contributed by atoms with van der Waals surface area (Å²) in [4.78, 5) is 4.00. The van der Waals surface area contributed by atoms with E-state index in [0.29, 0.717) is 11.4 Å². The van der Waals surface area contributed by atoms with Crippen LogP contribution in [-0.4, -0.2) is 4.98 Å². The van der Waals surface area contributed by atoms with Crippen LogP contribution in [0.2, 0.25) is 0 Å². The molecule has 0 spiro atoms. The van der Waals surface area contributed by atoms with Crippen LogP contribution in [0.25, 0.3) is 0 Å². The molecule has 4 heteroatoms. The monoisotopic (exact) mass is 162 g/mol. The first-order valence-electron chi connectivity index (χ1n) is 3.58. The highest BCUT2D eigenvalue weighted by Gasteiger charge is 2.05. The molecule has 1 rings (SSSR count). The normalized spacial score (nSPS) is 12.0. The minimum absolute atomic E-state index is 0.275. The lowest BCUT2D eigenvalue weighted by molar-refractivity contribution is 0.720. The van der Waals surface area contributed by atoms with Gasteiger partial charge in [0.1, 0.15) is 0 Å². The predicted molar refractivity (Wildman–Crippen MR) is 45.8 cm³/mol. The van der Waals surface area contributed by atoms with Crippen LogP contribution in [0, 0.1) is 11.3 Å². The Hall–Kier alpha value is -1.60. The highest BCUT2D eigenvalue weighted by Crippen LogP contribution is 2.11. The van der Waals surface area contributed by atoms with E-state index in [1.54, 1.807) is 12.1 Å². The minimum Gasteiger partial charge on any atom is -0.397 e. The second-order valence-electron chi connectivity index (χ2n) is 2.49. The van der Waals surface area contributed by atoms with Crippen LogP contribution in [0.15, 0.2) is 18.3 Å². The van der Waals surface area contributed by atoms with E-state index < -0.39 is 0 Å². The Morgan fingerprint density at radius 1 is 1.58 bits per heavy atom. The Balaban J connectivity index is 2.76. The second-order valence-corrected chi connectivity index (χ2v) is 2.49. The summed E-state index contributed by atoms with van der Waals surface area (Å²) in [5, 5.41) is 8.37. The van der Waals surface area contributed by atoms with E-state index >= 15 is 0 Å². The molecule has 0 fully saturated rings. The SMILES string of the molecule is N#CCC(N)c1ccc(N)cn1. The highest BCUT2D eigenvalue weighted by atomic mass is 14.8. The number of nitrogen functional groups attached to an aromatic ring is 1. The van der Waals surface area contributed by atoms with E-state index in [1.807, 2.05) is 6.07 Å². The maximum Gasteiger partial charge on any atom is 0.0642 e. The van der Waals surface area contributed by atoms with Gasteiger partial charge in [0.2, 0.25) is 0 Å². The fourth-order valence-corrected chi connectivity index (χ4v) is 0.839. The van der Waals surface area contributed by atoms with E-state index in [1.165, 1.54) is 6.20 Å². The summed E-state index contributed by atoms with van der Waals surface area (Å²) in [7, 11) is 0. The van der Waals surface area contributed by atoms with Crippen molar-refractivity contribution < 1.29 is 0 Å². The van der Waals surface area contributed by atoms with Gasteiger partial charge in [0.15, 0.2) is 0 Å². The molecule has 0 aromatic carbocycles. The first-order valence-corrected chi connectivity index (χ1v) is 3.58. The Morgan fingerprint density at radius 2 is 2.33 bits per heavy atom. The Labute approximate surface area is 70.8 Å². The van der Waals surface area contributed by atoms with Crippen LogP contribution in [0.4, 0.5) is 5.69 Å². The van der Waals surface area contributed by atoms with Gasteiger partial charge in [-0.1, -0.05) is 0 Å². The van der Waals surface area contributed by atoms with Gasteiger partial charge >= 0.3 is 0 Å². The summed E-state index contributed by atoms with van der Waals surface area (Å²) in [6, 6.07) is 5.13. The molecule has 1 unspecified atom stereocenters. The maximum absolute atomic E-state index is 8.37. The third kappa shape index (κ3) is 1.94. The largest absolute Gasteiger partial charge is 0.397 e. The summed E-state index contributed by atoms with van der Waals surface area (Å²) in [5.41, 5.74) is 12.4. The lowest BCUT2D eigenvalue weighted by Gasteiger charge is -2.05. The van der Waals surface area contributed by atoms with Crippen LogP contribution in [0.3, 0.4) is 0 Å². The van der Waals surface area contributed by atoms with Gasteiger partial charge in [-0.3, -0.25) is 4.98 Å². The number of nitriles is 1. The molecule has 4 nitrogen and oxygen atoms in total. The molecule has 0 aliphatic carbocycles. The summed E-state index contributed by atoms with van der Waals surface area (Å²) in [6.45, 7) is 0. The van der Waals surface area contributed by atoms with Gasteiger partial charge in [-0.15, -0.1) is 0 Å². The zero-order valence-electron chi connectivity index (χ0n) is 6.57. The number of anilines is 1. The molecule has 0 aliphatic rings. The summed E-state index contributed by atoms with van der Waals surface area (Å²) in [6.07, 6.45) is 1.81. The molecular formula is C8H10N4. The van der Waals surface area contributed by atoms with Gasteiger partial charge in [-0.25, -0.2) is 0 Å². The molecule has 0 bridgehead atoms. The van der Waals surface area contributed by atoms with Crippen molar-refractivity contribution in [2.24, 2.45) is 5.73 Å². The lowest BCUT2D eigenvalue weighted by atomic mass is 10.1. The summed E-state index contributed by atoms with van der Waals surface area (Å²) in [5.74, 6) is 0. The van der Waals surface area contributed by atoms with Crippen molar-refractivity contribution in [3.8, 4) is 6.07 Å². The fourth-order valence-electron chi connectivity index (χ4n) is 0.839. The Kier molecular flexibility index (Phi) is 2.62. The van der Waals surface area contributed by atoms with E-state index in [9.17, 15) is 0 Å². The molecule has 0 radical (unpaired) electrons. The minimum atomic E-state index is -0.310. The molecule has 0 saturated heterocycles. The Bertz CT molecular complexity index is 285. The van der Waals surface area contributed by atoms with Gasteiger partial charge in [-0.05, 0) is 12.1 Å². The van der Waals surface area contributed by atoms with Gasteiger partial charge in [0.05, 0.1) is 36.1 Å². The van der Waals surface area contributed by atoms with Crippen molar-refractivity contribution in [2.45, 2.75) is 12.5 Å². The smallest absolute Gasteiger partial charge is 0.0642 e. The molecule has 0 saturated carbocycles. The lowest BCUT2D eigenvalue weighted by Crippen LogP contribution is -2.10. The van der Waals surface area contributed by atoms with E-state index in [0.717, 1.165) is 0 Å². The zero-order valence-corrected chi connectivity index (χ0v) is 6.57. The summed E-state index contributed by atoms with van der Waals surface area (Å²) < 4.78 is 0. The van der Waals surface area contributed by atoms with Gasteiger partial charge in [0, 0.05) is 0 Å². The average Bonchev–Trinajstić information content (AvgIpc) is 2.06. The number of pyridine rings is 1. The third-order valence-electron chi connectivity index (χ3n) is 1.50. The molecule has 4 N–H and O–H groups in total. The molecule has 62 valence electrons. The maximum atomic E-state index is 8.37. The molecule has 12 heavy (non-hydrogen) atoms. The van der Waals surface area contributed by atoms with Crippen LogP contribution in [0.1, 0.15) is 18.2 Å². The van der Waals surface area contributed by atoms with Crippen molar-refractivity contribution in [1.82, 2.24) is 4.98 Å². The van der Waals surface area contributed by atoms with Gasteiger partial charge in [-0.2, -0.15) is 5.26 Å². The van der Waals surface area contributed by atoms with Crippen molar-refractivity contribution in [1.29, 1.82) is 5.26 Å². The molecule has 1 atom stereocenters. The summed E-state index contributed by atoms with van der Waals surface area (Å²) >= 11 is 0. The molecule has 1 aromatic rings. The standard InChI is InChI=1S/C8H10N4/c9-4-3-7(11)8-2-1-6(10)5-12-8/h1-2,5,7H,3,10-11H2. The first-order chi connectivity index (χ1) is 5.74. The fraction of sp³-hybridized carbons (Fsp3) is 0.250. The van der Waals surface area contributed by atoms with Gasteiger partial charge < -0.3 is 11.5 Å². The first kappa shape index (κ1) is 8.50. The number of hydrogen-bond donors (Lipinski definition) is 2. The molecule has 0 aliphatic heterocycles. The second kappa shape index (κ2) is 3.69. The van der Waals surface area contributed by atoms with Crippen LogP contribution >= 0.6 is 0 Å². The van der Waals surface area contributed by atoms with Crippen LogP contribution in [0.5, 0.6) is 0 Å². The number of hydrogen-bond acceptors (Lipinski definition) is 4. The number of rotatable bonds is 2. The number of nitrogens with zero attached hydrogens (tertiary/aromatic N) is 2. The highest BCUT2D eigenvalue weighted by molar-refractivity contribution is 5.35. The molecule has 1 aromatic heterocycles. The third-order valence-corrected chi connectivity index (χ3v) is 1.50. The van der Waals surface area contributed by atoms with E-state index in [2.05, 4.69) is 4.98 Å². The van der Waals surface area contributed by atoms with Crippen LogP contribution in [-0.2, 0) is 0 Å². The van der Waals surface area contributed by atoms with Crippen molar-refractivity contribution in [2.75, 3.05) is 5.73 Å². The average molecular weight is 162 g/mol. The van der Waals surface area contributed by atoms with Crippen molar-refractivity contribution in [3.63, 3.8) is 0 Å². The molecule has 0 amide bonds. The van der Waals surface area contributed by atoms with E-state index in [4.69, 9.17) is 16.7 Å².